The van der Waals surface area contributed by atoms with E-state index >= 15 is 0 Å². The fraction of sp³-hybridized carbons (Fsp3) is 0.412. The van der Waals surface area contributed by atoms with Crippen molar-refractivity contribution < 1.29 is 14.3 Å². The van der Waals surface area contributed by atoms with Crippen molar-refractivity contribution in [1.29, 1.82) is 0 Å². The fourth-order valence-electron chi connectivity index (χ4n) is 2.30. The number of aliphatic imine (C=N–C) groups is 1. The summed E-state index contributed by atoms with van der Waals surface area (Å²) in [5.74, 6) is 0.836. The lowest BCUT2D eigenvalue weighted by atomic mass is 10.2. The Morgan fingerprint density at radius 1 is 1.58 bits per heavy atom. The molecule has 0 spiro atoms. The van der Waals surface area contributed by atoms with E-state index in [4.69, 9.17) is 15.2 Å². The van der Waals surface area contributed by atoms with Gasteiger partial charge in [0, 0.05) is 25.8 Å². The summed E-state index contributed by atoms with van der Waals surface area (Å²) >= 11 is 0. The van der Waals surface area contributed by atoms with Crippen LogP contribution in [0.5, 0.6) is 5.75 Å². The van der Waals surface area contributed by atoms with Crippen LogP contribution in [0.4, 0.5) is 16.2 Å². The first-order chi connectivity index (χ1) is 11.6. The molecule has 0 fully saturated rings. The molecule has 0 saturated heterocycles. The Hall–Kier alpha value is -2.70. The smallest absolute Gasteiger partial charge is 0.413 e. The number of ether oxygens (including phenoxy) is 2. The molecule has 0 unspecified atom stereocenters. The lowest BCUT2D eigenvalue weighted by Crippen LogP contribution is -2.34. The number of hydrogen-bond acceptors (Lipinski definition) is 5. The highest BCUT2D eigenvalue weighted by atomic mass is 16.5. The number of rotatable bonds is 4. The highest BCUT2D eigenvalue weighted by Gasteiger charge is 2.21. The van der Waals surface area contributed by atoms with Gasteiger partial charge >= 0.3 is 6.09 Å². The van der Waals surface area contributed by atoms with Gasteiger partial charge in [0.25, 0.3) is 0 Å². The van der Waals surface area contributed by atoms with Crippen LogP contribution in [-0.2, 0) is 4.74 Å². The largest absolute Gasteiger partial charge is 0.490 e. The third kappa shape index (κ3) is 4.91. The van der Waals surface area contributed by atoms with Crippen molar-refractivity contribution in [2.24, 2.45) is 10.7 Å². The Labute approximate surface area is 143 Å². The summed E-state index contributed by atoms with van der Waals surface area (Å²) in [6.07, 6.45) is 2.75. The van der Waals surface area contributed by atoms with Gasteiger partial charge in [0.05, 0.1) is 25.7 Å². The number of fused-ring (bicyclic) bond motifs is 1. The Morgan fingerprint density at radius 3 is 2.83 bits per heavy atom. The van der Waals surface area contributed by atoms with E-state index in [9.17, 15) is 4.79 Å². The molecular formula is C17H26N4O3. The number of carbonyl (C=O) groups is 1. The molecule has 1 aromatic rings. The number of carbonyl (C=O) groups excluding carboxylic acids is 1. The number of benzene rings is 1. The Bertz CT molecular complexity index is 571. The number of nitrogens with zero attached hydrogens (tertiary/aromatic N) is 3. The molecule has 7 heteroatoms. The van der Waals surface area contributed by atoms with Gasteiger partial charge in [-0.25, -0.2) is 4.79 Å². The third-order valence-electron chi connectivity index (χ3n) is 3.42. The van der Waals surface area contributed by atoms with E-state index < -0.39 is 0 Å². The number of hydrogen-bond donors (Lipinski definition) is 1. The molecule has 1 aliphatic heterocycles. The molecule has 2 N–H and O–H groups in total. The summed E-state index contributed by atoms with van der Waals surface area (Å²) in [6.45, 7) is 8.46. The van der Waals surface area contributed by atoms with Gasteiger partial charge in [-0.3, -0.25) is 9.89 Å². The van der Waals surface area contributed by atoms with Crippen LogP contribution in [0.3, 0.4) is 0 Å². The van der Waals surface area contributed by atoms with Crippen LogP contribution in [0.2, 0.25) is 0 Å². The van der Waals surface area contributed by atoms with Crippen molar-refractivity contribution in [3.8, 4) is 5.75 Å². The van der Waals surface area contributed by atoms with Gasteiger partial charge in [-0.05, 0) is 25.1 Å². The van der Waals surface area contributed by atoms with E-state index in [1.54, 1.807) is 11.9 Å². The van der Waals surface area contributed by atoms with Crippen molar-refractivity contribution in [3.05, 3.63) is 30.9 Å². The SMILES string of the molecule is C=CCN1CCOc2ccc(N(CC)C(=O)OC)cc21.CN=CN. The first kappa shape index (κ1) is 19.3. The number of nitrogens with two attached hydrogens (primary N) is 1. The molecule has 0 bridgehead atoms. The van der Waals surface area contributed by atoms with Crippen molar-refractivity contribution in [1.82, 2.24) is 0 Å². The summed E-state index contributed by atoms with van der Waals surface area (Å²) in [5.41, 5.74) is 6.52. The maximum Gasteiger partial charge on any atom is 0.413 e. The molecule has 1 amide bonds. The van der Waals surface area contributed by atoms with Crippen molar-refractivity contribution in [2.75, 3.05) is 50.2 Å². The maximum absolute atomic E-state index is 11.8. The zero-order valence-electron chi connectivity index (χ0n) is 14.6. The molecule has 7 nitrogen and oxygen atoms in total. The van der Waals surface area contributed by atoms with Crippen LogP contribution in [0, 0.1) is 0 Å². The number of amides is 1. The molecular weight excluding hydrogens is 308 g/mol. The molecule has 0 atom stereocenters. The standard InChI is InChI=1S/C15H20N2O3.C2H6N2/c1-4-8-16-9-10-20-14-7-6-12(11-13(14)16)17(5-2)15(18)19-3;1-4-2-3/h4,6-7,11H,1,5,8-10H2,2-3H3;2H,1H3,(H2,3,4). The van der Waals surface area contributed by atoms with Crippen LogP contribution < -0.4 is 20.3 Å². The Morgan fingerprint density at radius 2 is 2.29 bits per heavy atom. The van der Waals surface area contributed by atoms with Gasteiger partial charge in [-0.1, -0.05) is 6.08 Å². The van der Waals surface area contributed by atoms with Crippen LogP contribution in [0.15, 0.2) is 35.8 Å². The molecule has 2 rings (SSSR count). The van der Waals surface area contributed by atoms with E-state index in [1.165, 1.54) is 13.4 Å². The summed E-state index contributed by atoms with van der Waals surface area (Å²) in [4.78, 5) is 18.9. The molecule has 1 heterocycles. The molecule has 0 aromatic heterocycles. The summed E-state index contributed by atoms with van der Waals surface area (Å²) in [5, 5.41) is 0. The molecule has 0 radical (unpaired) electrons. The summed E-state index contributed by atoms with van der Waals surface area (Å²) in [7, 11) is 3.01. The van der Waals surface area contributed by atoms with E-state index in [0.29, 0.717) is 13.2 Å². The lowest BCUT2D eigenvalue weighted by molar-refractivity contribution is 0.179. The van der Waals surface area contributed by atoms with Gasteiger partial charge in [0.2, 0.25) is 0 Å². The first-order valence-corrected chi connectivity index (χ1v) is 7.73. The molecule has 132 valence electrons. The predicted molar refractivity (Wildman–Crippen MR) is 98.4 cm³/mol. The van der Waals surface area contributed by atoms with Crippen LogP contribution >= 0.6 is 0 Å². The molecule has 0 saturated carbocycles. The lowest BCUT2D eigenvalue weighted by Gasteiger charge is -2.31. The Balaban J connectivity index is 0.000000648. The normalized spacial score (nSPS) is 12.5. The molecule has 1 aliphatic rings. The highest BCUT2D eigenvalue weighted by molar-refractivity contribution is 5.88. The quantitative estimate of drug-likeness (QED) is 0.519. The second-order valence-corrected chi connectivity index (χ2v) is 4.86. The Kier molecular flexibility index (Phi) is 8.18. The second-order valence-electron chi connectivity index (χ2n) is 4.86. The number of anilines is 2. The summed E-state index contributed by atoms with van der Waals surface area (Å²) < 4.78 is 10.4. The fourth-order valence-corrected chi connectivity index (χ4v) is 2.30. The second kappa shape index (κ2) is 10.1. The van der Waals surface area contributed by atoms with Gasteiger partial charge in [-0.15, -0.1) is 6.58 Å². The van der Waals surface area contributed by atoms with Gasteiger partial charge in [-0.2, -0.15) is 0 Å². The molecule has 24 heavy (non-hydrogen) atoms. The molecule has 0 aliphatic carbocycles. The van der Waals surface area contributed by atoms with Gasteiger partial charge < -0.3 is 20.1 Å². The zero-order chi connectivity index (χ0) is 17.9. The topological polar surface area (TPSA) is 80.4 Å². The first-order valence-electron chi connectivity index (χ1n) is 7.73. The van der Waals surface area contributed by atoms with E-state index in [2.05, 4.69) is 16.5 Å². The highest BCUT2D eigenvalue weighted by Crippen LogP contribution is 2.35. The summed E-state index contributed by atoms with van der Waals surface area (Å²) in [6, 6.07) is 5.72. The van der Waals surface area contributed by atoms with Crippen molar-refractivity contribution >= 4 is 23.8 Å². The van der Waals surface area contributed by atoms with Crippen LogP contribution in [-0.4, -0.2) is 52.8 Å². The predicted octanol–water partition coefficient (Wildman–Crippen LogP) is 2.27. The zero-order valence-corrected chi connectivity index (χ0v) is 14.6. The maximum atomic E-state index is 11.8. The van der Waals surface area contributed by atoms with E-state index in [0.717, 1.165) is 30.2 Å². The van der Waals surface area contributed by atoms with Gasteiger partial charge in [0.1, 0.15) is 12.4 Å². The van der Waals surface area contributed by atoms with Gasteiger partial charge in [0.15, 0.2) is 0 Å². The minimum Gasteiger partial charge on any atom is -0.490 e. The molecule has 1 aromatic carbocycles. The van der Waals surface area contributed by atoms with Crippen molar-refractivity contribution in [2.45, 2.75) is 6.92 Å². The minimum absolute atomic E-state index is 0.362. The van der Waals surface area contributed by atoms with E-state index in [1.807, 2.05) is 31.2 Å². The van der Waals surface area contributed by atoms with Crippen LogP contribution in [0.25, 0.3) is 0 Å². The average Bonchev–Trinajstić information content (AvgIpc) is 2.63. The van der Waals surface area contributed by atoms with Crippen molar-refractivity contribution in [3.63, 3.8) is 0 Å². The van der Waals surface area contributed by atoms with E-state index in [-0.39, 0.29) is 6.09 Å². The third-order valence-corrected chi connectivity index (χ3v) is 3.42. The monoisotopic (exact) mass is 334 g/mol. The average molecular weight is 334 g/mol. The minimum atomic E-state index is -0.362. The van der Waals surface area contributed by atoms with Crippen LogP contribution in [0.1, 0.15) is 6.92 Å². The number of methoxy groups -OCH3 is 1.